The van der Waals surface area contributed by atoms with Crippen molar-refractivity contribution in [2.75, 3.05) is 24.1 Å². The maximum absolute atomic E-state index is 11.7. The Labute approximate surface area is 119 Å². The lowest BCUT2D eigenvalue weighted by Crippen LogP contribution is -2.34. The van der Waals surface area contributed by atoms with Gasteiger partial charge in [-0.15, -0.1) is 0 Å². The van der Waals surface area contributed by atoms with Crippen LogP contribution in [0.1, 0.15) is 19.3 Å². The molecule has 1 aromatic carbocycles. The number of anilines is 2. The van der Waals surface area contributed by atoms with Crippen molar-refractivity contribution >= 4 is 21.4 Å². The molecule has 2 heterocycles. The van der Waals surface area contributed by atoms with E-state index in [0.717, 1.165) is 25.9 Å². The van der Waals surface area contributed by atoms with Crippen LogP contribution in [0.3, 0.4) is 0 Å². The van der Waals surface area contributed by atoms with Gasteiger partial charge in [0, 0.05) is 24.3 Å². The second kappa shape index (κ2) is 4.91. The van der Waals surface area contributed by atoms with Crippen LogP contribution in [-0.2, 0) is 10.0 Å². The van der Waals surface area contributed by atoms with Gasteiger partial charge in [0.2, 0.25) is 10.0 Å². The van der Waals surface area contributed by atoms with Crippen molar-refractivity contribution in [1.82, 2.24) is 4.90 Å². The van der Waals surface area contributed by atoms with Gasteiger partial charge in [-0.3, -0.25) is 4.90 Å². The summed E-state index contributed by atoms with van der Waals surface area (Å²) in [5.41, 5.74) is 6.61. The number of benzene rings is 1. The van der Waals surface area contributed by atoms with Gasteiger partial charge in [0.1, 0.15) is 4.90 Å². The van der Waals surface area contributed by atoms with Gasteiger partial charge >= 0.3 is 0 Å². The maximum Gasteiger partial charge on any atom is 0.240 e. The molecule has 0 bridgehead atoms. The summed E-state index contributed by atoms with van der Waals surface area (Å²) in [6.45, 7) is 2.22. The Morgan fingerprint density at radius 1 is 1.25 bits per heavy atom. The third-order valence-corrected chi connectivity index (χ3v) is 5.21. The molecule has 110 valence electrons. The Morgan fingerprint density at radius 3 is 2.80 bits per heavy atom. The molecular formula is C13H20N4O2S. The fourth-order valence-corrected chi connectivity index (χ4v) is 4.08. The van der Waals surface area contributed by atoms with Crippen LogP contribution >= 0.6 is 0 Å². The van der Waals surface area contributed by atoms with E-state index in [0.29, 0.717) is 17.4 Å². The summed E-state index contributed by atoms with van der Waals surface area (Å²) in [5, 5.41) is 8.63. The summed E-state index contributed by atoms with van der Waals surface area (Å²) in [6.07, 6.45) is 3.41. The van der Waals surface area contributed by atoms with E-state index in [1.807, 2.05) is 0 Å². The molecule has 2 saturated heterocycles. The normalized spacial score (nSPS) is 26.6. The first-order valence-corrected chi connectivity index (χ1v) is 8.43. The topological polar surface area (TPSA) is 101 Å². The minimum atomic E-state index is -3.78. The van der Waals surface area contributed by atoms with Crippen LogP contribution in [0, 0.1) is 0 Å². The predicted molar refractivity (Wildman–Crippen MR) is 78.9 cm³/mol. The van der Waals surface area contributed by atoms with E-state index in [4.69, 9.17) is 10.9 Å². The number of sulfonamides is 1. The van der Waals surface area contributed by atoms with Gasteiger partial charge in [-0.05, 0) is 44.0 Å². The molecule has 0 spiro atoms. The van der Waals surface area contributed by atoms with Crippen LogP contribution in [-0.4, -0.2) is 38.5 Å². The molecule has 5 N–H and O–H groups in total. The maximum atomic E-state index is 11.7. The molecular weight excluding hydrogens is 276 g/mol. The highest BCUT2D eigenvalue weighted by molar-refractivity contribution is 7.89. The van der Waals surface area contributed by atoms with Crippen molar-refractivity contribution < 1.29 is 8.42 Å². The number of nitrogens with one attached hydrogen (secondary N) is 1. The highest BCUT2D eigenvalue weighted by atomic mass is 32.2. The monoisotopic (exact) mass is 296 g/mol. The average Bonchev–Trinajstić information content (AvgIpc) is 2.95. The first kappa shape index (κ1) is 13.7. The number of nitrogen functional groups attached to an aromatic ring is 1. The smallest absolute Gasteiger partial charge is 0.240 e. The summed E-state index contributed by atoms with van der Waals surface area (Å²) in [4.78, 5) is 2.54. The number of nitrogens with zero attached hydrogens (tertiary/aromatic N) is 1. The third-order valence-electron chi connectivity index (χ3n) is 4.26. The largest absolute Gasteiger partial charge is 0.399 e. The zero-order chi connectivity index (χ0) is 14.3. The zero-order valence-corrected chi connectivity index (χ0v) is 12.1. The number of fused-ring (bicyclic) bond motifs is 1. The Morgan fingerprint density at radius 2 is 2.05 bits per heavy atom. The van der Waals surface area contributed by atoms with E-state index in [1.165, 1.54) is 12.5 Å². The quantitative estimate of drug-likeness (QED) is 0.708. The van der Waals surface area contributed by atoms with Crippen molar-refractivity contribution in [2.45, 2.75) is 36.2 Å². The highest BCUT2D eigenvalue weighted by Gasteiger charge is 2.37. The molecule has 2 aliphatic heterocycles. The molecule has 0 aromatic heterocycles. The molecule has 2 atom stereocenters. The number of hydrogen-bond donors (Lipinski definition) is 3. The molecule has 7 heteroatoms. The van der Waals surface area contributed by atoms with Crippen LogP contribution in [0.4, 0.5) is 11.4 Å². The standard InChI is InChI=1S/C13H20N4O2S/c14-9-3-4-11(13(8-9)20(15,18)19)16-10-5-7-17-6-1-2-12(10)17/h3-4,8,10,12,16H,1-2,5-7,14H2,(H2,15,18,19). The molecule has 0 aliphatic carbocycles. The minimum Gasteiger partial charge on any atom is -0.399 e. The summed E-state index contributed by atoms with van der Waals surface area (Å²) >= 11 is 0. The van der Waals surface area contributed by atoms with Gasteiger partial charge in [-0.1, -0.05) is 0 Å². The van der Waals surface area contributed by atoms with Crippen LogP contribution < -0.4 is 16.2 Å². The van der Waals surface area contributed by atoms with E-state index in [2.05, 4.69) is 10.2 Å². The first-order chi connectivity index (χ1) is 9.45. The number of primary sulfonamides is 1. The van der Waals surface area contributed by atoms with Gasteiger partial charge in [0.25, 0.3) is 0 Å². The van der Waals surface area contributed by atoms with Crippen molar-refractivity contribution in [3.05, 3.63) is 18.2 Å². The van der Waals surface area contributed by atoms with Gasteiger partial charge in [-0.2, -0.15) is 0 Å². The first-order valence-electron chi connectivity index (χ1n) is 6.88. The lowest BCUT2D eigenvalue weighted by molar-refractivity contribution is 0.318. The van der Waals surface area contributed by atoms with E-state index in [9.17, 15) is 8.42 Å². The second-order valence-electron chi connectivity index (χ2n) is 5.59. The molecule has 1 aromatic rings. The molecule has 2 aliphatic rings. The van der Waals surface area contributed by atoms with Crippen molar-refractivity contribution in [3.63, 3.8) is 0 Å². The SMILES string of the molecule is Nc1ccc(NC2CCN3CCCC23)c(S(N)(=O)=O)c1. The summed E-state index contributed by atoms with van der Waals surface area (Å²) in [6, 6.07) is 5.59. The third kappa shape index (κ3) is 2.48. The molecule has 0 amide bonds. The van der Waals surface area contributed by atoms with Gasteiger partial charge < -0.3 is 11.1 Å². The predicted octanol–water partition coefficient (Wildman–Crippen LogP) is 0.565. The molecule has 20 heavy (non-hydrogen) atoms. The van der Waals surface area contributed by atoms with Crippen molar-refractivity contribution in [2.24, 2.45) is 5.14 Å². The van der Waals surface area contributed by atoms with Crippen molar-refractivity contribution in [3.8, 4) is 0 Å². The molecule has 0 saturated carbocycles. The number of rotatable bonds is 3. The van der Waals surface area contributed by atoms with Crippen LogP contribution in [0.5, 0.6) is 0 Å². The molecule has 3 rings (SSSR count). The van der Waals surface area contributed by atoms with E-state index in [-0.39, 0.29) is 10.9 Å². The van der Waals surface area contributed by atoms with E-state index >= 15 is 0 Å². The summed E-state index contributed by atoms with van der Waals surface area (Å²) < 4.78 is 23.4. The van der Waals surface area contributed by atoms with E-state index in [1.54, 1.807) is 12.1 Å². The highest BCUT2D eigenvalue weighted by Crippen LogP contribution is 2.32. The molecule has 6 nitrogen and oxygen atoms in total. The summed E-state index contributed by atoms with van der Waals surface area (Å²) in [5.74, 6) is 0. The Balaban J connectivity index is 1.88. The Kier molecular flexibility index (Phi) is 3.35. The fraction of sp³-hybridized carbons (Fsp3) is 0.538. The van der Waals surface area contributed by atoms with Gasteiger partial charge in [0.15, 0.2) is 0 Å². The molecule has 2 fully saturated rings. The number of hydrogen-bond acceptors (Lipinski definition) is 5. The zero-order valence-electron chi connectivity index (χ0n) is 11.2. The van der Waals surface area contributed by atoms with Gasteiger partial charge in [-0.25, -0.2) is 13.6 Å². The van der Waals surface area contributed by atoms with Crippen LogP contribution in [0.2, 0.25) is 0 Å². The van der Waals surface area contributed by atoms with Crippen LogP contribution in [0.25, 0.3) is 0 Å². The summed E-state index contributed by atoms with van der Waals surface area (Å²) in [7, 11) is -3.78. The lowest BCUT2D eigenvalue weighted by atomic mass is 10.1. The number of nitrogens with two attached hydrogens (primary N) is 2. The van der Waals surface area contributed by atoms with Crippen LogP contribution in [0.15, 0.2) is 23.1 Å². The van der Waals surface area contributed by atoms with Crippen molar-refractivity contribution in [1.29, 1.82) is 0 Å². The Bertz CT molecular complexity index is 617. The van der Waals surface area contributed by atoms with E-state index < -0.39 is 10.0 Å². The molecule has 2 unspecified atom stereocenters. The molecule has 0 radical (unpaired) electrons. The fourth-order valence-electron chi connectivity index (χ4n) is 3.34. The van der Waals surface area contributed by atoms with Gasteiger partial charge in [0.05, 0.1) is 5.69 Å². The average molecular weight is 296 g/mol. The second-order valence-corrected chi connectivity index (χ2v) is 7.12. The lowest BCUT2D eigenvalue weighted by Gasteiger charge is -2.23. The Hall–Kier alpha value is -1.31. The minimum absolute atomic E-state index is 0.0777.